The summed E-state index contributed by atoms with van der Waals surface area (Å²) in [5.74, 6) is 1.52. The fraction of sp³-hybridized carbons (Fsp3) is 0.514. The van der Waals surface area contributed by atoms with Gasteiger partial charge in [0.2, 0.25) is 0 Å². The molecular formula is C37H44ClFN2O4. The maximum Gasteiger partial charge on any atom is 0.329 e. The lowest BCUT2D eigenvalue weighted by Gasteiger charge is -2.47. The number of hydrogen-bond acceptors (Lipinski definition) is 5. The number of nitrogens with one attached hydrogen (secondary N) is 1. The molecule has 2 aromatic carbocycles. The predicted octanol–water partition coefficient (Wildman–Crippen LogP) is 8.74. The highest BCUT2D eigenvalue weighted by atomic mass is 35.5. The molecule has 0 saturated heterocycles. The number of ether oxygens (including phenoxy) is 2. The molecule has 3 aromatic rings. The lowest BCUT2D eigenvalue weighted by molar-refractivity contribution is -0.144. The summed E-state index contributed by atoms with van der Waals surface area (Å²) in [4.78, 5) is 17.5. The fourth-order valence-corrected chi connectivity index (χ4v) is 8.52. The Morgan fingerprint density at radius 2 is 1.96 bits per heavy atom. The molecule has 3 aliphatic carbocycles. The van der Waals surface area contributed by atoms with Crippen LogP contribution in [0.15, 0.2) is 48.7 Å². The molecule has 1 saturated carbocycles. The van der Waals surface area contributed by atoms with E-state index in [1.165, 1.54) is 40.9 Å². The lowest BCUT2D eigenvalue weighted by atomic mass is 9.59. The third kappa shape index (κ3) is 6.13. The van der Waals surface area contributed by atoms with Crippen molar-refractivity contribution in [3.8, 4) is 11.5 Å². The molecule has 45 heavy (non-hydrogen) atoms. The SMILES string of the molecule is CCOc1ccc2c(c1)C1(CCC(Nc3ccc(F)c(Cl)c3)(C(=O)O)CC1)C(C[C@@H](C)COc1ccnc3c1[C@H](C)CCC3)C2. The quantitative estimate of drug-likeness (QED) is 0.232. The van der Waals surface area contributed by atoms with Gasteiger partial charge in [-0.3, -0.25) is 4.98 Å². The topological polar surface area (TPSA) is 80.7 Å². The molecule has 1 heterocycles. The number of halogens is 2. The number of aryl methyl sites for hydroxylation is 1. The number of aromatic nitrogens is 1. The highest BCUT2D eigenvalue weighted by Crippen LogP contribution is 2.56. The molecule has 0 radical (unpaired) electrons. The van der Waals surface area contributed by atoms with Crippen molar-refractivity contribution >= 4 is 23.3 Å². The van der Waals surface area contributed by atoms with Gasteiger partial charge in [0, 0.05) is 23.1 Å². The van der Waals surface area contributed by atoms with E-state index in [9.17, 15) is 14.3 Å². The van der Waals surface area contributed by atoms with Crippen LogP contribution in [0.5, 0.6) is 11.5 Å². The molecule has 1 aromatic heterocycles. The molecule has 0 bridgehead atoms. The van der Waals surface area contributed by atoms with E-state index in [0.717, 1.165) is 50.0 Å². The van der Waals surface area contributed by atoms with E-state index in [1.54, 1.807) is 6.07 Å². The van der Waals surface area contributed by atoms with Crippen molar-refractivity contribution in [1.82, 2.24) is 4.98 Å². The number of carbonyl (C=O) groups is 1. The van der Waals surface area contributed by atoms with Gasteiger partial charge in [-0.15, -0.1) is 0 Å². The summed E-state index contributed by atoms with van der Waals surface area (Å²) >= 11 is 6.04. The van der Waals surface area contributed by atoms with Crippen LogP contribution in [-0.4, -0.2) is 34.8 Å². The first kappa shape index (κ1) is 31.7. The minimum absolute atomic E-state index is 0.0287. The van der Waals surface area contributed by atoms with Crippen LogP contribution in [0.3, 0.4) is 0 Å². The zero-order valence-corrected chi connectivity index (χ0v) is 27.3. The molecule has 1 spiro atoms. The Morgan fingerprint density at radius 1 is 1.16 bits per heavy atom. The van der Waals surface area contributed by atoms with Crippen LogP contribution >= 0.6 is 11.6 Å². The number of carboxylic acid groups (broad SMARTS) is 1. The van der Waals surface area contributed by atoms with Gasteiger partial charge in [0.05, 0.1) is 18.2 Å². The molecule has 0 aliphatic heterocycles. The van der Waals surface area contributed by atoms with Crippen LogP contribution in [0, 0.1) is 17.7 Å². The summed E-state index contributed by atoms with van der Waals surface area (Å²) < 4.78 is 26.3. The Kier molecular flexibility index (Phi) is 9.02. The van der Waals surface area contributed by atoms with Crippen molar-refractivity contribution in [3.63, 3.8) is 0 Å². The van der Waals surface area contributed by atoms with Crippen LogP contribution in [-0.2, 0) is 23.1 Å². The van der Waals surface area contributed by atoms with Crippen molar-refractivity contribution in [2.24, 2.45) is 11.8 Å². The van der Waals surface area contributed by atoms with Gasteiger partial charge in [0.25, 0.3) is 0 Å². The molecule has 0 amide bonds. The predicted molar refractivity (Wildman–Crippen MR) is 175 cm³/mol. The number of hydrogen-bond donors (Lipinski definition) is 2. The van der Waals surface area contributed by atoms with Crippen LogP contribution in [0.1, 0.15) is 94.0 Å². The normalized spacial score (nSPS) is 26.2. The van der Waals surface area contributed by atoms with Crippen LogP contribution in [0.25, 0.3) is 0 Å². The summed E-state index contributed by atoms with van der Waals surface area (Å²) in [5, 5.41) is 13.7. The monoisotopic (exact) mass is 634 g/mol. The summed E-state index contributed by atoms with van der Waals surface area (Å²) in [6, 6.07) is 12.8. The van der Waals surface area contributed by atoms with Gasteiger partial charge in [-0.2, -0.15) is 0 Å². The first-order valence-electron chi connectivity index (χ1n) is 16.5. The summed E-state index contributed by atoms with van der Waals surface area (Å²) in [6.07, 6.45) is 9.48. The molecule has 8 heteroatoms. The van der Waals surface area contributed by atoms with E-state index < -0.39 is 17.3 Å². The van der Waals surface area contributed by atoms with Gasteiger partial charge >= 0.3 is 5.97 Å². The van der Waals surface area contributed by atoms with Crippen molar-refractivity contribution in [1.29, 1.82) is 0 Å². The zero-order valence-electron chi connectivity index (χ0n) is 26.5. The van der Waals surface area contributed by atoms with Crippen LogP contribution in [0.2, 0.25) is 5.02 Å². The van der Waals surface area contributed by atoms with E-state index in [1.807, 2.05) is 19.2 Å². The minimum Gasteiger partial charge on any atom is -0.494 e. The molecule has 1 fully saturated rings. The third-order valence-electron chi connectivity index (χ3n) is 10.7. The Labute approximate surface area is 270 Å². The first-order valence-corrected chi connectivity index (χ1v) is 16.9. The summed E-state index contributed by atoms with van der Waals surface area (Å²) in [7, 11) is 0. The number of carboxylic acids is 1. The van der Waals surface area contributed by atoms with Crippen molar-refractivity contribution < 1.29 is 23.8 Å². The standard InChI is InChI=1S/C37H44ClFN2O4/c1-4-44-28-10-8-25-19-26(18-23(2)22-45-33-12-17-40-32-7-5-6-24(3)34(32)33)36(29(25)21-28)13-15-37(16-14-36,35(42)43)41-27-9-11-31(39)30(38)20-27/h8-12,17,20-21,23-24,26,41H,4-7,13-16,18-19,22H2,1-3H3,(H,42,43)/t23-,24-,26?,36?,37?/m1/s1. The second kappa shape index (κ2) is 12.8. The summed E-state index contributed by atoms with van der Waals surface area (Å²) in [6.45, 7) is 7.74. The molecule has 3 aliphatic rings. The van der Waals surface area contributed by atoms with Gasteiger partial charge in [0.1, 0.15) is 22.9 Å². The van der Waals surface area contributed by atoms with E-state index in [0.29, 0.717) is 49.5 Å². The average molecular weight is 635 g/mol. The smallest absolute Gasteiger partial charge is 0.329 e. The van der Waals surface area contributed by atoms with Crippen LogP contribution in [0.4, 0.5) is 10.1 Å². The van der Waals surface area contributed by atoms with Gasteiger partial charge in [-0.05, 0) is 135 Å². The second-order valence-electron chi connectivity index (χ2n) is 13.6. The van der Waals surface area contributed by atoms with E-state index in [-0.39, 0.29) is 10.4 Å². The highest BCUT2D eigenvalue weighted by Gasteiger charge is 2.54. The maximum atomic E-state index is 13.9. The molecule has 6 rings (SSSR count). The van der Waals surface area contributed by atoms with Crippen LogP contribution < -0.4 is 14.8 Å². The largest absolute Gasteiger partial charge is 0.494 e. The van der Waals surface area contributed by atoms with Crippen molar-refractivity contribution in [2.45, 2.75) is 95.4 Å². The Bertz CT molecular complexity index is 1550. The highest BCUT2D eigenvalue weighted by molar-refractivity contribution is 6.31. The number of nitrogens with zero attached hydrogens (tertiary/aromatic N) is 1. The number of pyridine rings is 1. The van der Waals surface area contributed by atoms with E-state index in [4.69, 9.17) is 21.1 Å². The average Bonchev–Trinajstić information content (AvgIpc) is 3.31. The molecule has 6 nitrogen and oxygen atoms in total. The second-order valence-corrected chi connectivity index (χ2v) is 14.0. The number of fused-ring (bicyclic) bond motifs is 3. The first-order chi connectivity index (χ1) is 21.6. The van der Waals surface area contributed by atoms with Gasteiger partial charge in [-0.25, -0.2) is 9.18 Å². The lowest BCUT2D eigenvalue weighted by Crippen LogP contribution is -2.53. The van der Waals surface area contributed by atoms with Gasteiger partial charge < -0.3 is 19.9 Å². The number of anilines is 1. The van der Waals surface area contributed by atoms with E-state index >= 15 is 0 Å². The third-order valence-corrected chi connectivity index (χ3v) is 11.0. The summed E-state index contributed by atoms with van der Waals surface area (Å²) in [5.41, 5.74) is 4.26. The Balaban J connectivity index is 1.23. The molecule has 2 N–H and O–H groups in total. The maximum absolute atomic E-state index is 13.9. The molecule has 3 atom stereocenters. The molecular weight excluding hydrogens is 591 g/mol. The number of aliphatic carboxylic acids is 1. The number of benzene rings is 2. The molecule has 1 unspecified atom stereocenters. The van der Waals surface area contributed by atoms with Gasteiger partial charge in [-0.1, -0.05) is 31.5 Å². The number of rotatable bonds is 10. The van der Waals surface area contributed by atoms with E-state index in [2.05, 4.69) is 42.3 Å². The Hall–Kier alpha value is -3.32. The Morgan fingerprint density at radius 3 is 2.69 bits per heavy atom. The minimum atomic E-state index is -1.16. The van der Waals surface area contributed by atoms with Crippen molar-refractivity contribution in [3.05, 3.63) is 81.9 Å². The van der Waals surface area contributed by atoms with Crippen molar-refractivity contribution in [2.75, 3.05) is 18.5 Å². The zero-order chi connectivity index (χ0) is 31.8. The fourth-order valence-electron chi connectivity index (χ4n) is 8.34. The molecule has 240 valence electrons. The van der Waals surface area contributed by atoms with Gasteiger partial charge in [0.15, 0.2) is 0 Å².